The van der Waals surface area contributed by atoms with E-state index in [-0.39, 0.29) is 5.56 Å². The predicted molar refractivity (Wildman–Crippen MR) is 59.5 cm³/mol. The van der Waals surface area contributed by atoms with Crippen LogP contribution in [0.15, 0.2) is 18.2 Å². The molecule has 16 heavy (non-hydrogen) atoms. The standard InChI is InChI=1S/C12H15F3N/c1-4-16(5-2)10-7-6-9(3)11(8-10)12(13,14)15/h6-8H,3-5H2,1-2H3. The van der Waals surface area contributed by atoms with E-state index in [4.69, 9.17) is 0 Å². The van der Waals surface area contributed by atoms with Crippen LogP contribution in [-0.2, 0) is 6.18 Å². The summed E-state index contributed by atoms with van der Waals surface area (Å²) in [6.07, 6.45) is -4.33. The number of nitrogens with zero attached hydrogens (tertiary/aromatic N) is 1. The van der Waals surface area contributed by atoms with Crippen LogP contribution in [0.3, 0.4) is 0 Å². The Morgan fingerprint density at radius 3 is 2.19 bits per heavy atom. The van der Waals surface area contributed by atoms with Crippen LogP contribution in [0.25, 0.3) is 0 Å². The molecule has 0 unspecified atom stereocenters. The highest BCUT2D eigenvalue weighted by atomic mass is 19.4. The van der Waals surface area contributed by atoms with Crippen molar-refractivity contribution >= 4 is 5.69 Å². The first-order valence-electron chi connectivity index (χ1n) is 5.18. The SMILES string of the molecule is [CH2]c1ccc(N(CC)CC)cc1C(F)(F)F. The molecule has 0 aliphatic rings. The number of hydrogen-bond acceptors (Lipinski definition) is 1. The fraction of sp³-hybridized carbons (Fsp3) is 0.417. The lowest BCUT2D eigenvalue weighted by Gasteiger charge is -2.22. The first-order valence-corrected chi connectivity index (χ1v) is 5.18. The lowest BCUT2D eigenvalue weighted by molar-refractivity contribution is -0.137. The molecule has 0 bridgehead atoms. The summed E-state index contributed by atoms with van der Waals surface area (Å²) in [5, 5.41) is 0. The number of rotatable bonds is 3. The monoisotopic (exact) mass is 230 g/mol. The smallest absolute Gasteiger partial charge is 0.372 e. The molecule has 1 rings (SSSR count). The van der Waals surface area contributed by atoms with E-state index in [0.717, 1.165) is 6.07 Å². The van der Waals surface area contributed by atoms with Gasteiger partial charge in [0, 0.05) is 18.8 Å². The van der Waals surface area contributed by atoms with Crippen molar-refractivity contribution < 1.29 is 13.2 Å². The van der Waals surface area contributed by atoms with Gasteiger partial charge in [0.1, 0.15) is 0 Å². The highest BCUT2D eigenvalue weighted by molar-refractivity contribution is 5.52. The summed E-state index contributed by atoms with van der Waals surface area (Å²) in [5.74, 6) is 0. The second kappa shape index (κ2) is 4.76. The Kier molecular flexibility index (Phi) is 3.83. The molecule has 89 valence electrons. The van der Waals surface area contributed by atoms with Crippen LogP contribution in [-0.4, -0.2) is 13.1 Å². The van der Waals surface area contributed by atoms with Gasteiger partial charge in [0.2, 0.25) is 0 Å². The van der Waals surface area contributed by atoms with Crippen LogP contribution < -0.4 is 4.90 Å². The Morgan fingerprint density at radius 2 is 1.75 bits per heavy atom. The molecule has 0 atom stereocenters. The molecule has 0 N–H and O–H groups in total. The van der Waals surface area contributed by atoms with Crippen LogP contribution >= 0.6 is 0 Å². The van der Waals surface area contributed by atoms with Gasteiger partial charge in [-0.3, -0.25) is 0 Å². The van der Waals surface area contributed by atoms with Crippen molar-refractivity contribution in [2.45, 2.75) is 20.0 Å². The zero-order chi connectivity index (χ0) is 12.3. The van der Waals surface area contributed by atoms with Gasteiger partial charge in [0.05, 0.1) is 5.56 Å². The van der Waals surface area contributed by atoms with Crippen molar-refractivity contribution in [1.29, 1.82) is 0 Å². The van der Waals surface area contributed by atoms with Crippen LogP contribution in [0.4, 0.5) is 18.9 Å². The predicted octanol–water partition coefficient (Wildman–Crippen LogP) is 3.73. The molecule has 1 nitrogen and oxygen atoms in total. The van der Waals surface area contributed by atoms with E-state index in [1.54, 1.807) is 6.07 Å². The van der Waals surface area contributed by atoms with Gasteiger partial charge < -0.3 is 4.90 Å². The number of benzene rings is 1. The van der Waals surface area contributed by atoms with Gasteiger partial charge >= 0.3 is 6.18 Å². The van der Waals surface area contributed by atoms with Gasteiger partial charge in [-0.1, -0.05) is 6.07 Å². The molecule has 0 saturated carbocycles. The normalized spacial score (nSPS) is 11.6. The summed E-state index contributed by atoms with van der Waals surface area (Å²) < 4.78 is 37.9. The minimum absolute atomic E-state index is 0.0170. The van der Waals surface area contributed by atoms with Gasteiger partial charge in [-0.15, -0.1) is 0 Å². The molecule has 1 radical (unpaired) electrons. The average Bonchev–Trinajstić information content (AvgIpc) is 2.20. The minimum Gasteiger partial charge on any atom is -0.372 e. The molecule has 0 aliphatic heterocycles. The first kappa shape index (κ1) is 12.9. The fourth-order valence-corrected chi connectivity index (χ4v) is 1.61. The Bertz CT molecular complexity index is 354. The molecular weight excluding hydrogens is 215 g/mol. The van der Waals surface area contributed by atoms with Crippen LogP contribution in [0, 0.1) is 6.92 Å². The lowest BCUT2D eigenvalue weighted by Crippen LogP contribution is -2.22. The van der Waals surface area contributed by atoms with Crippen LogP contribution in [0.1, 0.15) is 25.0 Å². The highest BCUT2D eigenvalue weighted by Gasteiger charge is 2.32. The summed E-state index contributed by atoms with van der Waals surface area (Å²) in [5.41, 5.74) is -0.0509. The second-order valence-corrected chi connectivity index (χ2v) is 3.51. The Balaban J connectivity index is 3.17. The van der Waals surface area contributed by atoms with E-state index in [0.29, 0.717) is 18.8 Å². The molecular formula is C12H15F3N. The Hall–Kier alpha value is -1.19. The molecule has 0 amide bonds. The summed E-state index contributed by atoms with van der Waals surface area (Å²) >= 11 is 0. The molecule has 0 heterocycles. The van der Waals surface area contributed by atoms with Crippen molar-refractivity contribution in [3.8, 4) is 0 Å². The zero-order valence-corrected chi connectivity index (χ0v) is 9.43. The average molecular weight is 230 g/mol. The van der Waals surface area contributed by atoms with Crippen LogP contribution in [0.5, 0.6) is 0 Å². The summed E-state index contributed by atoms with van der Waals surface area (Å²) in [7, 11) is 0. The minimum atomic E-state index is -4.33. The molecule has 0 saturated heterocycles. The van der Waals surface area contributed by atoms with E-state index in [1.807, 2.05) is 18.7 Å². The molecule has 1 aromatic carbocycles. The highest BCUT2D eigenvalue weighted by Crippen LogP contribution is 2.34. The third-order valence-electron chi connectivity index (χ3n) is 2.53. The first-order chi connectivity index (χ1) is 7.40. The maximum Gasteiger partial charge on any atom is 0.416 e. The molecule has 0 spiro atoms. The van der Waals surface area contributed by atoms with Gasteiger partial charge in [-0.25, -0.2) is 0 Å². The van der Waals surface area contributed by atoms with Crippen molar-refractivity contribution in [3.05, 3.63) is 36.2 Å². The number of alkyl halides is 3. The van der Waals surface area contributed by atoms with E-state index in [2.05, 4.69) is 6.92 Å². The summed E-state index contributed by atoms with van der Waals surface area (Å²) in [6, 6.07) is 4.25. The van der Waals surface area contributed by atoms with Gasteiger partial charge in [0.25, 0.3) is 0 Å². The van der Waals surface area contributed by atoms with Crippen molar-refractivity contribution in [3.63, 3.8) is 0 Å². The van der Waals surface area contributed by atoms with Gasteiger partial charge in [-0.2, -0.15) is 13.2 Å². The summed E-state index contributed by atoms with van der Waals surface area (Å²) in [4.78, 5) is 1.87. The van der Waals surface area contributed by atoms with E-state index in [1.165, 1.54) is 6.07 Å². The summed E-state index contributed by atoms with van der Waals surface area (Å²) in [6.45, 7) is 8.59. The number of halogens is 3. The zero-order valence-electron chi connectivity index (χ0n) is 9.43. The van der Waals surface area contributed by atoms with Gasteiger partial charge in [-0.05, 0) is 38.5 Å². The van der Waals surface area contributed by atoms with Gasteiger partial charge in [0.15, 0.2) is 0 Å². The van der Waals surface area contributed by atoms with Crippen molar-refractivity contribution in [2.75, 3.05) is 18.0 Å². The quantitative estimate of drug-likeness (QED) is 0.764. The number of anilines is 1. The molecule has 0 aromatic heterocycles. The lowest BCUT2D eigenvalue weighted by atomic mass is 10.1. The molecule has 0 fully saturated rings. The van der Waals surface area contributed by atoms with Crippen LogP contribution in [0.2, 0.25) is 0 Å². The topological polar surface area (TPSA) is 3.24 Å². The fourth-order valence-electron chi connectivity index (χ4n) is 1.61. The Labute approximate surface area is 93.9 Å². The second-order valence-electron chi connectivity index (χ2n) is 3.51. The molecule has 4 heteroatoms. The maximum absolute atomic E-state index is 12.6. The number of hydrogen-bond donors (Lipinski definition) is 0. The third-order valence-corrected chi connectivity index (χ3v) is 2.53. The van der Waals surface area contributed by atoms with Crippen molar-refractivity contribution in [2.24, 2.45) is 0 Å². The largest absolute Gasteiger partial charge is 0.416 e. The van der Waals surface area contributed by atoms with E-state index < -0.39 is 11.7 Å². The van der Waals surface area contributed by atoms with Crippen molar-refractivity contribution in [1.82, 2.24) is 0 Å². The van der Waals surface area contributed by atoms with E-state index >= 15 is 0 Å². The molecule has 1 aromatic rings. The molecule has 0 aliphatic carbocycles. The maximum atomic E-state index is 12.6. The third kappa shape index (κ3) is 2.68. The Morgan fingerprint density at radius 1 is 1.19 bits per heavy atom. The van der Waals surface area contributed by atoms with E-state index in [9.17, 15) is 13.2 Å².